The number of amides is 3. The van der Waals surface area contributed by atoms with Gasteiger partial charge in [-0.1, -0.05) is 13.8 Å². The summed E-state index contributed by atoms with van der Waals surface area (Å²) in [5.41, 5.74) is 5.28. The zero-order valence-corrected chi connectivity index (χ0v) is 14.2. The van der Waals surface area contributed by atoms with Crippen molar-refractivity contribution in [3.63, 3.8) is 0 Å². The van der Waals surface area contributed by atoms with Gasteiger partial charge in [-0.3, -0.25) is 14.4 Å². The Kier molecular flexibility index (Phi) is 10.3. The van der Waals surface area contributed by atoms with E-state index in [1.165, 1.54) is 0 Å². The van der Waals surface area contributed by atoms with Crippen LogP contribution in [0.25, 0.3) is 0 Å². The molecule has 25 heavy (non-hydrogen) atoms. The molecule has 11 heteroatoms. The number of nitrogens with two attached hydrogens (primary N) is 1. The molecule has 0 saturated carbocycles. The molecule has 0 aromatic heterocycles. The summed E-state index contributed by atoms with van der Waals surface area (Å²) in [5, 5.41) is 33.2. The first-order valence-corrected chi connectivity index (χ1v) is 7.69. The molecule has 0 rings (SSSR count). The van der Waals surface area contributed by atoms with Gasteiger partial charge in [0.25, 0.3) is 0 Å². The minimum Gasteiger partial charge on any atom is -0.480 e. The van der Waals surface area contributed by atoms with Crippen molar-refractivity contribution >= 4 is 23.7 Å². The number of aliphatic hydroxyl groups excluding tert-OH is 2. The lowest BCUT2D eigenvalue weighted by molar-refractivity contribution is -0.143. The summed E-state index contributed by atoms with van der Waals surface area (Å²) in [6.07, 6.45) is 0.222. The van der Waals surface area contributed by atoms with Gasteiger partial charge < -0.3 is 37.0 Å². The van der Waals surface area contributed by atoms with Crippen LogP contribution >= 0.6 is 0 Å². The normalized spacial score (nSPS) is 14.3. The first-order valence-electron chi connectivity index (χ1n) is 7.69. The highest BCUT2D eigenvalue weighted by Gasteiger charge is 2.27. The number of aliphatic carboxylic acids is 1. The first kappa shape index (κ1) is 22.8. The maximum absolute atomic E-state index is 12.1. The van der Waals surface area contributed by atoms with Crippen molar-refractivity contribution < 1.29 is 34.5 Å². The average molecular weight is 362 g/mol. The van der Waals surface area contributed by atoms with Gasteiger partial charge in [-0.15, -0.1) is 0 Å². The van der Waals surface area contributed by atoms with Gasteiger partial charge in [-0.05, 0) is 12.3 Å². The molecule has 0 heterocycles. The summed E-state index contributed by atoms with van der Waals surface area (Å²) >= 11 is 0. The highest BCUT2D eigenvalue weighted by molar-refractivity contribution is 5.92. The number of hydrogen-bond donors (Lipinski definition) is 7. The topological polar surface area (TPSA) is 191 Å². The lowest BCUT2D eigenvalue weighted by atomic mass is 10.0. The lowest BCUT2D eigenvalue weighted by Gasteiger charge is -2.22. The average Bonchev–Trinajstić information content (AvgIpc) is 2.54. The minimum absolute atomic E-state index is 0.00542. The van der Waals surface area contributed by atoms with E-state index in [-0.39, 0.29) is 12.3 Å². The smallest absolute Gasteiger partial charge is 0.328 e. The number of rotatable bonds is 11. The summed E-state index contributed by atoms with van der Waals surface area (Å²) in [5.74, 6) is -3.58. The summed E-state index contributed by atoms with van der Waals surface area (Å²) in [6, 6.07) is -3.69. The molecule has 3 unspecified atom stereocenters. The van der Waals surface area contributed by atoms with Crippen molar-refractivity contribution in [3.8, 4) is 0 Å². The Bertz CT molecular complexity index is 484. The number of carbonyl (C=O) groups is 4. The van der Waals surface area contributed by atoms with Crippen molar-refractivity contribution in [1.82, 2.24) is 16.0 Å². The third kappa shape index (κ3) is 8.98. The van der Waals surface area contributed by atoms with Gasteiger partial charge in [0.1, 0.15) is 18.1 Å². The van der Waals surface area contributed by atoms with E-state index in [1.807, 2.05) is 0 Å². The zero-order valence-electron chi connectivity index (χ0n) is 14.2. The van der Waals surface area contributed by atoms with Gasteiger partial charge in [0.15, 0.2) is 0 Å². The SMILES string of the molecule is CC(C)CC(NC(=O)CNC(=O)C(N)CO)C(=O)NC(CO)C(=O)O. The van der Waals surface area contributed by atoms with E-state index in [4.69, 9.17) is 21.1 Å². The predicted molar refractivity (Wildman–Crippen MR) is 86.1 cm³/mol. The van der Waals surface area contributed by atoms with Crippen molar-refractivity contribution in [3.05, 3.63) is 0 Å². The van der Waals surface area contributed by atoms with E-state index in [2.05, 4.69) is 16.0 Å². The Balaban J connectivity index is 4.76. The van der Waals surface area contributed by atoms with Crippen LogP contribution in [0.15, 0.2) is 0 Å². The number of aliphatic hydroxyl groups is 2. The Morgan fingerprint density at radius 3 is 2.00 bits per heavy atom. The van der Waals surface area contributed by atoms with Crippen LogP contribution in [0.4, 0.5) is 0 Å². The van der Waals surface area contributed by atoms with Gasteiger partial charge in [0.05, 0.1) is 19.8 Å². The molecular formula is C14H26N4O7. The second kappa shape index (κ2) is 11.3. The largest absolute Gasteiger partial charge is 0.480 e. The molecule has 0 bridgehead atoms. The van der Waals surface area contributed by atoms with Crippen molar-refractivity contribution in [2.45, 2.75) is 38.4 Å². The molecule has 0 aromatic rings. The molecular weight excluding hydrogens is 336 g/mol. The van der Waals surface area contributed by atoms with Crippen LogP contribution in [0.5, 0.6) is 0 Å². The molecule has 0 fully saturated rings. The monoisotopic (exact) mass is 362 g/mol. The van der Waals surface area contributed by atoms with E-state index in [0.717, 1.165) is 0 Å². The molecule has 8 N–H and O–H groups in total. The van der Waals surface area contributed by atoms with E-state index >= 15 is 0 Å². The molecule has 0 saturated heterocycles. The van der Waals surface area contributed by atoms with Crippen LogP contribution in [0.1, 0.15) is 20.3 Å². The number of carboxylic acids is 1. The van der Waals surface area contributed by atoms with E-state index in [0.29, 0.717) is 0 Å². The van der Waals surface area contributed by atoms with Crippen LogP contribution in [-0.2, 0) is 19.2 Å². The standard InChI is InChI=1S/C14H26N4O7/c1-7(2)3-9(13(23)18-10(6-20)14(24)25)17-11(21)4-16-12(22)8(15)5-19/h7-10,19-20H,3-6,15H2,1-2H3,(H,16,22)(H,17,21)(H,18,23)(H,24,25). The first-order chi connectivity index (χ1) is 11.6. The van der Waals surface area contributed by atoms with Crippen LogP contribution < -0.4 is 21.7 Å². The third-order valence-corrected chi connectivity index (χ3v) is 3.11. The summed E-state index contributed by atoms with van der Waals surface area (Å²) in [4.78, 5) is 46.3. The second-order valence-electron chi connectivity index (χ2n) is 5.84. The minimum atomic E-state index is -1.48. The van der Waals surface area contributed by atoms with Crippen molar-refractivity contribution in [1.29, 1.82) is 0 Å². The molecule has 0 spiro atoms. The summed E-state index contributed by atoms with van der Waals surface area (Å²) in [6.45, 7) is 1.77. The molecule has 3 atom stereocenters. The van der Waals surface area contributed by atoms with E-state index in [1.54, 1.807) is 13.8 Å². The number of carbonyl (C=O) groups excluding carboxylic acids is 3. The van der Waals surface area contributed by atoms with Gasteiger partial charge in [-0.25, -0.2) is 4.79 Å². The fraction of sp³-hybridized carbons (Fsp3) is 0.714. The fourth-order valence-corrected chi connectivity index (χ4v) is 1.79. The molecule has 0 aliphatic heterocycles. The zero-order chi connectivity index (χ0) is 19.6. The second-order valence-corrected chi connectivity index (χ2v) is 5.84. The maximum Gasteiger partial charge on any atom is 0.328 e. The molecule has 0 aromatic carbocycles. The van der Waals surface area contributed by atoms with Crippen LogP contribution in [0, 0.1) is 5.92 Å². The number of nitrogens with one attached hydrogen (secondary N) is 3. The Morgan fingerprint density at radius 1 is 0.960 bits per heavy atom. The molecule has 3 amide bonds. The summed E-state index contributed by atoms with van der Waals surface area (Å²) in [7, 11) is 0. The van der Waals surface area contributed by atoms with E-state index in [9.17, 15) is 19.2 Å². The lowest BCUT2D eigenvalue weighted by Crippen LogP contribution is -2.55. The van der Waals surface area contributed by atoms with Crippen LogP contribution in [0.3, 0.4) is 0 Å². The van der Waals surface area contributed by atoms with Gasteiger partial charge in [0, 0.05) is 0 Å². The van der Waals surface area contributed by atoms with Crippen molar-refractivity contribution in [2.24, 2.45) is 11.7 Å². The summed E-state index contributed by atoms with van der Waals surface area (Å²) < 4.78 is 0. The molecule has 0 aliphatic rings. The van der Waals surface area contributed by atoms with Gasteiger partial charge >= 0.3 is 5.97 Å². The van der Waals surface area contributed by atoms with E-state index < -0.39 is 61.6 Å². The number of hydrogen-bond acceptors (Lipinski definition) is 7. The molecule has 144 valence electrons. The van der Waals surface area contributed by atoms with Gasteiger partial charge in [0.2, 0.25) is 17.7 Å². The fourth-order valence-electron chi connectivity index (χ4n) is 1.79. The molecule has 11 nitrogen and oxygen atoms in total. The number of carboxylic acid groups (broad SMARTS) is 1. The Hall–Kier alpha value is -2.24. The quantitative estimate of drug-likeness (QED) is 0.197. The highest BCUT2D eigenvalue weighted by Crippen LogP contribution is 2.05. The Morgan fingerprint density at radius 2 is 1.56 bits per heavy atom. The molecule has 0 radical (unpaired) electrons. The maximum atomic E-state index is 12.1. The van der Waals surface area contributed by atoms with Crippen LogP contribution in [0.2, 0.25) is 0 Å². The van der Waals surface area contributed by atoms with Crippen LogP contribution in [-0.4, -0.2) is 76.9 Å². The van der Waals surface area contributed by atoms with Gasteiger partial charge in [-0.2, -0.15) is 0 Å². The molecule has 0 aliphatic carbocycles. The Labute approximate surface area is 145 Å². The third-order valence-electron chi connectivity index (χ3n) is 3.11. The van der Waals surface area contributed by atoms with Crippen molar-refractivity contribution in [2.75, 3.05) is 19.8 Å². The highest BCUT2D eigenvalue weighted by atomic mass is 16.4. The predicted octanol–water partition coefficient (Wildman–Crippen LogP) is -3.49.